The van der Waals surface area contributed by atoms with E-state index in [1.807, 2.05) is 35.2 Å². The topological polar surface area (TPSA) is 20.9 Å². The van der Waals surface area contributed by atoms with Gasteiger partial charge in [0, 0.05) is 24.1 Å². The van der Waals surface area contributed by atoms with Crippen molar-refractivity contribution in [3.63, 3.8) is 0 Å². The Morgan fingerprint density at radius 3 is 2.45 bits per heavy atom. The number of rotatable bonds is 1. The normalized spacial score (nSPS) is 20.6. The number of benzene rings is 1. The summed E-state index contributed by atoms with van der Waals surface area (Å²) in [7, 11) is 0. The van der Waals surface area contributed by atoms with Gasteiger partial charge in [-0.2, -0.15) is 4.57 Å². The van der Waals surface area contributed by atoms with E-state index in [2.05, 4.69) is 39.0 Å². The summed E-state index contributed by atoms with van der Waals surface area (Å²) >= 11 is 0. The summed E-state index contributed by atoms with van der Waals surface area (Å²) in [5, 5.41) is 0. The molecule has 1 aliphatic rings. The Kier molecular flexibility index (Phi) is 2.97. The molecule has 2 heteroatoms. The van der Waals surface area contributed by atoms with Crippen LogP contribution in [-0.2, 0) is 5.41 Å². The molecule has 2 nitrogen and oxygen atoms in total. The first-order valence-electron chi connectivity index (χ1n) is 7.10. The van der Waals surface area contributed by atoms with E-state index >= 15 is 0 Å². The minimum Gasteiger partial charge on any atom is -0.287 e. The number of nitrogens with zero attached hydrogens (tertiary/aromatic N) is 1. The van der Waals surface area contributed by atoms with Gasteiger partial charge in [0.15, 0.2) is 12.4 Å². The fourth-order valence-electron chi connectivity index (χ4n) is 3.11. The number of pyridine rings is 1. The summed E-state index contributed by atoms with van der Waals surface area (Å²) in [5.41, 5.74) is 3.28. The van der Waals surface area contributed by atoms with Crippen LogP contribution in [-0.4, -0.2) is 5.78 Å². The van der Waals surface area contributed by atoms with Crippen LogP contribution in [0, 0.1) is 6.92 Å². The highest BCUT2D eigenvalue weighted by Gasteiger charge is 2.42. The van der Waals surface area contributed by atoms with E-state index in [-0.39, 0.29) is 17.2 Å². The number of aromatic nitrogens is 1. The molecule has 0 fully saturated rings. The van der Waals surface area contributed by atoms with Crippen LogP contribution in [0.15, 0.2) is 48.8 Å². The van der Waals surface area contributed by atoms with Crippen molar-refractivity contribution in [2.24, 2.45) is 0 Å². The third-order valence-electron chi connectivity index (χ3n) is 4.31. The van der Waals surface area contributed by atoms with Crippen molar-refractivity contribution in [3.8, 4) is 0 Å². The first kappa shape index (κ1) is 13.0. The predicted molar refractivity (Wildman–Crippen MR) is 78.8 cm³/mol. The standard InChI is InChI=1S/C18H20NO/c1-13-8-10-19(11-9-13)16-12-18(2,3)15-7-5-4-6-14(15)17(16)20/h4-11,16H,12H2,1-3H3/q+1. The highest BCUT2D eigenvalue weighted by molar-refractivity contribution is 6.00. The molecule has 0 saturated carbocycles. The van der Waals surface area contributed by atoms with Crippen molar-refractivity contribution in [1.82, 2.24) is 0 Å². The zero-order valence-electron chi connectivity index (χ0n) is 12.3. The third kappa shape index (κ3) is 2.05. The molecule has 0 amide bonds. The fourth-order valence-corrected chi connectivity index (χ4v) is 3.11. The van der Waals surface area contributed by atoms with E-state index < -0.39 is 0 Å². The van der Waals surface area contributed by atoms with Crippen LogP contribution in [0.1, 0.15) is 47.8 Å². The molecule has 1 aromatic carbocycles. The van der Waals surface area contributed by atoms with Crippen LogP contribution in [0.4, 0.5) is 0 Å². The Bertz CT molecular complexity index is 655. The van der Waals surface area contributed by atoms with E-state index in [9.17, 15) is 4.79 Å². The van der Waals surface area contributed by atoms with E-state index in [0.717, 1.165) is 12.0 Å². The molecule has 20 heavy (non-hydrogen) atoms. The van der Waals surface area contributed by atoms with Gasteiger partial charge in [0.1, 0.15) is 0 Å². The minimum absolute atomic E-state index is 0.0209. The van der Waals surface area contributed by atoms with Gasteiger partial charge >= 0.3 is 0 Å². The zero-order valence-corrected chi connectivity index (χ0v) is 12.3. The molecule has 1 heterocycles. The molecule has 0 N–H and O–H groups in total. The summed E-state index contributed by atoms with van der Waals surface area (Å²) < 4.78 is 2.05. The average Bonchev–Trinajstić information content (AvgIpc) is 2.44. The van der Waals surface area contributed by atoms with Crippen molar-refractivity contribution in [1.29, 1.82) is 0 Å². The van der Waals surface area contributed by atoms with Gasteiger partial charge in [-0.1, -0.05) is 38.1 Å². The number of Topliss-reactive ketones (excluding diaryl/α,β-unsaturated/α-hetero) is 1. The van der Waals surface area contributed by atoms with Gasteiger partial charge in [-0.15, -0.1) is 0 Å². The molecule has 1 unspecified atom stereocenters. The van der Waals surface area contributed by atoms with Crippen LogP contribution in [0.3, 0.4) is 0 Å². The van der Waals surface area contributed by atoms with Crippen LogP contribution >= 0.6 is 0 Å². The molecule has 0 aliphatic heterocycles. The number of fused-ring (bicyclic) bond motifs is 1. The lowest BCUT2D eigenvalue weighted by Gasteiger charge is -2.33. The lowest BCUT2D eigenvalue weighted by Crippen LogP contribution is -2.49. The molecular formula is C18H20NO+. The summed E-state index contributed by atoms with van der Waals surface area (Å²) in [4.78, 5) is 12.8. The highest BCUT2D eigenvalue weighted by atomic mass is 16.1. The quantitative estimate of drug-likeness (QED) is 0.725. The third-order valence-corrected chi connectivity index (χ3v) is 4.31. The maximum atomic E-state index is 12.8. The van der Waals surface area contributed by atoms with E-state index in [1.54, 1.807) is 0 Å². The number of hydrogen-bond acceptors (Lipinski definition) is 1. The second-order valence-corrected chi connectivity index (χ2v) is 6.34. The Balaban J connectivity index is 2.08. The molecule has 3 rings (SSSR count). The van der Waals surface area contributed by atoms with Gasteiger partial charge in [0.05, 0.1) is 0 Å². The van der Waals surface area contributed by atoms with E-state index in [0.29, 0.717) is 0 Å². The molecule has 0 radical (unpaired) electrons. The zero-order chi connectivity index (χ0) is 14.3. The largest absolute Gasteiger partial charge is 0.287 e. The Morgan fingerprint density at radius 2 is 1.75 bits per heavy atom. The summed E-state index contributed by atoms with van der Waals surface area (Å²) in [6.07, 6.45) is 4.88. The highest BCUT2D eigenvalue weighted by Crippen LogP contribution is 2.39. The molecule has 0 spiro atoms. The van der Waals surface area contributed by atoms with Crippen LogP contribution in [0.2, 0.25) is 0 Å². The van der Waals surface area contributed by atoms with Crippen molar-refractivity contribution in [2.45, 2.75) is 38.6 Å². The predicted octanol–water partition coefficient (Wildman–Crippen LogP) is 3.39. The summed E-state index contributed by atoms with van der Waals surface area (Å²) in [6.45, 7) is 6.51. The molecule has 2 aromatic rings. The smallest absolute Gasteiger partial charge is 0.230 e. The van der Waals surface area contributed by atoms with Gasteiger partial charge in [-0.25, -0.2) is 0 Å². The number of carbonyl (C=O) groups is 1. The molecule has 0 saturated heterocycles. The van der Waals surface area contributed by atoms with E-state index in [1.165, 1.54) is 11.1 Å². The molecule has 1 atom stereocenters. The first-order chi connectivity index (χ1) is 9.49. The van der Waals surface area contributed by atoms with Crippen LogP contribution in [0.5, 0.6) is 0 Å². The molecule has 0 bridgehead atoms. The Morgan fingerprint density at radius 1 is 1.10 bits per heavy atom. The molecule has 1 aliphatic carbocycles. The summed E-state index contributed by atoms with van der Waals surface area (Å²) in [6, 6.07) is 12.0. The fraction of sp³-hybridized carbons (Fsp3) is 0.333. The maximum Gasteiger partial charge on any atom is 0.230 e. The van der Waals surface area contributed by atoms with Crippen molar-refractivity contribution >= 4 is 5.78 Å². The van der Waals surface area contributed by atoms with Crippen LogP contribution in [0.25, 0.3) is 0 Å². The molecular weight excluding hydrogens is 246 g/mol. The van der Waals surface area contributed by atoms with Crippen molar-refractivity contribution in [3.05, 3.63) is 65.5 Å². The monoisotopic (exact) mass is 266 g/mol. The van der Waals surface area contributed by atoms with Gasteiger partial charge in [-0.3, -0.25) is 4.79 Å². The molecule has 102 valence electrons. The SMILES string of the molecule is Cc1cc[n+](C2CC(C)(C)c3ccccc3C2=O)cc1. The molecule has 1 aromatic heterocycles. The lowest BCUT2D eigenvalue weighted by molar-refractivity contribution is -0.710. The Labute approximate surface area is 120 Å². The number of aryl methyl sites for hydroxylation is 1. The number of ketones is 1. The summed E-state index contributed by atoms with van der Waals surface area (Å²) in [5.74, 6) is 0.230. The van der Waals surface area contributed by atoms with Gasteiger partial charge in [0.2, 0.25) is 11.8 Å². The number of carbonyl (C=O) groups excluding carboxylic acids is 1. The number of hydrogen-bond donors (Lipinski definition) is 0. The maximum absolute atomic E-state index is 12.8. The minimum atomic E-state index is -0.0968. The van der Waals surface area contributed by atoms with Crippen LogP contribution < -0.4 is 4.57 Å². The second kappa shape index (κ2) is 4.55. The second-order valence-electron chi connectivity index (χ2n) is 6.34. The van der Waals surface area contributed by atoms with E-state index in [4.69, 9.17) is 0 Å². The van der Waals surface area contributed by atoms with Gasteiger partial charge in [-0.05, 0) is 23.5 Å². The average molecular weight is 266 g/mol. The Hall–Kier alpha value is -1.96. The van der Waals surface area contributed by atoms with Gasteiger partial charge in [0.25, 0.3) is 0 Å². The van der Waals surface area contributed by atoms with Gasteiger partial charge < -0.3 is 0 Å². The lowest BCUT2D eigenvalue weighted by atomic mass is 9.70. The van der Waals surface area contributed by atoms with Crippen molar-refractivity contribution in [2.75, 3.05) is 0 Å². The van der Waals surface area contributed by atoms with Crippen molar-refractivity contribution < 1.29 is 9.36 Å². The first-order valence-corrected chi connectivity index (χ1v) is 7.10.